The summed E-state index contributed by atoms with van der Waals surface area (Å²) in [4.78, 5) is 0. The van der Waals surface area contributed by atoms with Gasteiger partial charge >= 0.3 is 6.55 Å². The summed E-state index contributed by atoms with van der Waals surface area (Å²) in [6, 6.07) is 3.93. The summed E-state index contributed by atoms with van der Waals surface area (Å²) in [5.41, 5.74) is 0.452. The summed E-state index contributed by atoms with van der Waals surface area (Å²) in [5, 5.41) is 15.7. The Balaban J connectivity index is 2.69. The minimum Gasteiger partial charge on any atom is -0.508 e. The molecule has 2 aromatic rings. The van der Waals surface area contributed by atoms with Gasteiger partial charge in [0, 0.05) is 6.07 Å². The van der Waals surface area contributed by atoms with Crippen molar-refractivity contribution in [1.29, 1.82) is 0 Å². The molecule has 0 spiro atoms. The van der Waals surface area contributed by atoms with E-state index in [9.17, 15) is 8.78 Å². The van der Waals surface area contributed by atoms with Crippen LogP contribution in [0.15, 0.2) is 18.2 Å². The molecule has 1 N–H and O–H groups in total. The summed E-state index contributed by atoms with van der Waals surface area (Å²) in [7, 11) is 0. The second-order valence-electron chi connectivity index (χ2n) is 2.48. The molecule has 0 aliphatic rings. The van der Waals surface area contributed by atoms with Crippen LogP contribution >= 0.6 is 0 Å². The molecule has 2 rings (SSSR count). The molecule has 1 aromatic heterocycles. The van der Waals surface area contributed by atoms with Crippen molar-refractivity contribution in [2.45, 2.75) is 6.55 Å². The zero-order valence-electron chi connectivity index (χ0n) is 6.35. The molecule has 4 nitrogen and oxygen atoms in total. The highest BCUT2D eigenvalue weighted by atomic mass is 19.3. The lowest BCUT2D eigenvalue weighted by Gasteiger charge is -1.98. The monoisotopic (exact) mass is 185 g/mol. The van der Waals surface area contributed by atoms with E-state index in [4.69, 9.17) is 5.11 Å². The van der Waals surface area contributed by atoms with E-state index in [-0.39, 0.29) is 16.8 Å². The van der Waals surface area contributed by atoms with Gasteiger partial charge in [-0.3, -0.25) is 0 Å². The number of benzene rings is 1. The molecule has 0 unspecified atom stereocenters. The number of rotatable bonds is 1. The Bertz CT molecular complexity index is 440. The van der Waals surface area contributed by atoms with E-state index in [1.807, 2.05) is 0 Å². The number of aromatic hydroxyl groups is 1. The number of hydrogen-bond acceptors (Lipinski definition) is 3. The predicted octanol–water partition coefficient (Wildman–Crippen LogP) is 1.53. The lowest BCUT2D eigenvalue weighted by atomic mass is 10.3. The SMILES string of the molecule is Oc1ccc2c(c1)nnn2C(F)F. The van der Waals surface area contributed by atoms with Crippen LogP contribution in [0.4, 0.5) is 8.78 Å². The molecular weight excluding hydrogens is 180 g/mol. The van der Waals surface area contributed by atoms with Crippen LogP contribution in [0.25, 0.3) is 11.0 Å². The van der Waals surface area contributed by atoms with Crippen molar-refractivity contribution in [1.82, 2.24) is 15.0 Å². The maximum Gasteiger partial charge on any atom is 0.335 e. The van der Waals surface area contributed by atoms with E-state index in [0.29, 0.717) is 4.68 Å². The van der Waals surface area contributed by atoms with E-state index in [1.54, 1.807) is 0 Å². The first-order valence-corrected chi connectivity index (χ1v) is 3.50. The van der Waals surface area contributed by atoms with Gasteiger partial charge in [-0.2, -0.15) is 13.5 Å². The maximum atomic E-state index is 12.2. The molecule has 6 heteroatoms. The smallest absolute Gasteiger partial charge is 0.335 e. The van der Waals surface area contributed by atoms with Crippen LogP contribution in [0.3, 0.4) is 0 Å². The number of hydrogen-bond donors (Lipinski definition) is 1. The van der Waals surface area contributed by atoms with Crippen molar-refractivity contribution in [3.63, 3.8) is 0 Å². The lowest BCUT2D eigenvalue weighted by Crippen LogP contribution is -1.99. The Labute approximate surface area is 71.4 Å². The highest BCUT2D eigenvalue weighted by molar-refractivity contribution is 5.75. The van der Waals surface area contributed by atoms with Crippen molar-refractivity contribution >= 4 is 11.0 Å². The number of phenols is 1. The van der Waals surface area contributed by atoms with Crippen molar-refractivity contribution < 1.29 is 13.9 Å². The van der Waals surface area contributed by atoms with Gasteiger partial charge in [-0.1, -0.05) is 5.21 Å². The summed E-state index contributed by atoms with van der Waals surface area (Å²) < 4.78 is 25.0. The third-order valence-corrected chi connectivity index (χ3v) is 1.64. The standard InChI is InChI=1S/C7H5F2N3O/c8-7(9)12-6-2-1-4(13)3-5(6)10-11-12/h1-3,7,13H. The van der Waals surface area contributed by atoms with Gasteiger partial charge in [0.05, 0.1) is 5.52 Å². The van der Waals surface area contributed by atoms with Crippen LogP contribution in [0.2, 0.25) is 0 Å². The van der Waals surface area contributed by atoms with Gasteiger partial charge in [-0.25, -0.2) is 0 Å². The number of fused-ring (bicyclic) bond motifs is 1. The van der Waals surface area contributed by atoms with E-state index in [0.717, 1.165) is 0 Å². The lowest BCUT2D eigenvalue weighted by molar-refractivity contribution is 0.0593. The molecule has 13 heavy (non-hydrogen) atoms. The molecule has 0 saturated heterocycles. The fourth-order valence-electron chi connectivity index (χ4n) is 1.07. The molecule has 0 amide bonds. The summed E-state index contributed by atoms with van der Waals surface area (Å²) in [5.74, 6) is -0.0196. The maximum absolute atomic E-state index is 12.2. The van der Waals surface area contributed by atoms with Crippen LogP contribution in [-0.4, -0.2) is 20.1 Å². The van der Waals surface area contributed by atoms with Crippen molar-refractivity contribution in [2.24, 2.45) is 0 Å². The number of alkyl halides is 2. The van der Waals surface area contributed by atoms with Crippen LogP contribution in [-0.2, 0) is 0 Å². The summed E-state index contributed by atoms with van der Waals surface area (Å²) in [6.07, 6.45) is 0. The van der Waals surface area contributed by atoms with Gasteiger partial charge in [0.25, 0.3) is 0 Å². The molecule has 1 aromatic carbocycles. The number of nitrogens with zero attached hydrogens (tertiary/aromatic N) is 3. The Kier molecular flexibility index (Phi) is 1.61. The Morgan fingerprint density at radius 1 is 1.38 bits per heavy atom. The molecule has 68 valence electrons. The molecule has 0 aliphatic carbocycles. The van der Waals surface area contributed by atoms with Gasteiger partial charge in [0.1, 0.15) is 11.3 Å². The van der Waals surface area contributed by atoms with Crippen LogP contribution in [0.5, 0.6) is 5.75 Å². The first-order chi connectivity index (χ1) is 6.18. The highest BCUT2D eigenvalue weighted by Gasteiger charge is 2.12. The first kappa shape index (κ1) is 7.90. The van der Waals surface area contributed by atoms with Crippen LogP contribution in [0, 0.1) is 0 Å². The average molecular weight is 185 g/mol. The quantitative estimate of drug-likeness (QED) is 0.732. The van der Waals surface area contributed by atoms with Crippen LogP contribution < -0.4 is 0 Å². The minimum atomic E-state index is -2.71. The van der Waals surface area contributed by atoms with E-state index in [1.165, 1.54) is 18.2 Å². The zero-order chi connectivity index (χ0) is 9.42. The second-order valence-corrected chi connectivity index (χ2v) is 2.48. The normalized spacial score (nSPS) is 11.3. The predicted molar refractivity (Wildman–Crippen MR) is 40.4 cm³/mol. The second kappa shape index (κ2) is 2.65. The molecule has 0 atom stereocenters. The molecule has 0 fully saturated rings. The van der Waals surface area contributed by atoms with Gasteiger partial charge in [-0.05, 0) is 12.1 Å². The molecule has 0 saturated carbocycles. The third-order valence-electron chi connectivity index (χ3n) is 1.64. The number of phenolic OH excluding ortho intramolecular Hbond substituents is 1. The average Bonchev–Trinajstić information content (AvgIpc) is 2.46. The van der Waals surface area contributed by atoms with E-state index >= 15 is 0 Å². The van der Waals surface area contributed by atoms with Crippen molar-refractivity contribution in [3.8, 4) is 5.75 Å². The van der Waals surface area contributed by atoms with Crippen LogP contribution in [0.1, 0.15) is 6.55 Å². The summed E-state index contributed by atoms with van der Waals surface area (Å²) in [6.45, 7) is -2.71. The van der Waals surface area contributed by atoms with Gasteiger partial charge < -0.3 is 5.11 Å². The summed E-state index contributed by atoms with van der Waals surface area (Å²) >= 11 is 0. The van der Waals surface area contributed by atoms with E-state index in [2.05, 4.69) is 10.3 Å². The van der Waals surface area contributed by atoms with Crippen molar-refractivity contribution in [2.75, 3.05) is 0 Å². The van der Waals surface area contributed by atoms with E-state index < -0.39 is 6.55 Å². The minimum absolute atomic E-state index is 0.0196. The zero-order valence-corrected chi connectivity index (χ0v) is 6.35. The first-order valence-electron chi connectivity index (χ1n) is 3.50. The Morgan fingerprint density at radius 3 is 2.85 bits per heavy atom. The topological polar surface area (TPSA) is 50.9 Å². The number of halogens is 2. The van der Waals surface area contributed by atoms with Gasteiger partial charge in [0.2, 0.25) is 0 Å². The molecular formula is C7H5F2N3O. The fraction of sp³-hybridized carbons (Fsp3) is 0.143. The molecule has 0 aliphatic heterocycles. The fourth-order valence-corrected chi connectivity index (χ4v) is 1.07. The molecule has 0 bridgehead atoms. The third kappa shape index (κ3) is 1.20. The largest absolute Gasteiger partial charge is 0.508 e. The van der Waals surface area contributed by atoms with Gasteiger partial charge in [0.15, 0.2) is 0 Å². The highest BCUT2D eigenvalue weighted by Crippen LogP contribution is 2.20. The van der Waals surface area contributed by atoms with Crippen molar-refractivity contribution in [3.05, 3.63) is 18.2 Å². The molecule has 0 radical (unpaired) electrons. The Hall–Kier alpha value is -1.72. The number of aromatic nitrogens is 3. The molecule has 1 heterocycles. The van der Waals surface area contributed by atoms with Gasteiger partial charge in [-0.15, -0.1) is 5.10 Å². The Morgan fingerprint density at radius 2 is 2.15 bits per heavy atom.